The van der Waals surface area contributed by atoms with Gasteiger partial charge in [-0.2, -0.15) is 5.10 Å². The number of amides is 1. The molecular weight excluding hydrogens is 323 g/mol. The summed E-state index contributed by atoms with van der Waals surface area (Å²) in [6, 6.07) is 12.0. The minimum Gasteiger partial charge on any atom is -0.482 e. The van der Waals surface area contributed by atoms with Crippen LogP contribution in [0.4, 0.5) is 15.8 Å². The molecule has 2 aromatic carbocycles. The van der Waals surface area contributed by atoms with Crippen LogP contribution in [0.5, 0.6) is 5.75 Å². The lowest BCUT2D eigenvalue weighted by Gasteiger charge is -2.18. The van der Waals surface area contributed by atoms with Crippen molar-refractivity contribution in [3.8, 4) is 17.0 Å². The highest BCUT2D eigenvalue weighted by atomic mass is 19.1. The SMILES string of the molecule is O=C1COc2cc(NCc3cn[nH]c3-c3ccccc3F)ccc2N1. The topological polar surface area (TPSA) is 79.0 Å². The number of H-pyrrole nitrogens is 1. The molecule has 7 heteroatoms. The number of benzene rings is 2. The summed E-state index contributed by atoms with van der Waals surface area (Å²) < 4.78 is 19.4. The first kappa shape index (κ1) is 15.2. The number of hydrogen-bond donors (Lipinski definition) is 3. The Labute approximate surface area is 143 Å². The second-order valence-electron chi connectivity index (χ2n) is 5.65. The van der Waals surface area contributed by atoms with E-state index < -0.39 is 0 Å². The number of fused-ring (bicyclic) bond motifs is 1. The van der Waals surface area contributed by atoms with Crippen molar-refractivity contribution in [1.82, 2.24) is 10.2 Å². The predicted octanol–water partition coefficient (Wildman–Crippen LogP) is 3.16. The summed E-state index contributed by atoms with van der Waals surface area (Å²) in [6.45, 7) is 0.473. The number of hydrogen-bond acceptors (Lipinski definition) is 4. The van der Waals surface area contributed by atoms with E-state index in [4.69, 9.17) is 4.74 Å². The quantitative estimate of drug-likeness (QED) is 0.683. The summed E-state index contributed by atoms with van der Waals surface area (Å²) in [7, 11) is 0. The van der Waals surface area contributed by atoms with Crippen molar-refractivity contribution in [2.45, 2.75) is 6.54 Å². The molecule has 0 fully saturated rings. The fourth-order valence-corrected chi connectivity index (χ4v) is 2.72. The Kier molecular flexibility index (Phi) is 3.81. The maximum atomic E-state index is 14.0. The summed E-state index contributed by atoms with van der Waals surface area (Å²) in [6.07, 6.45) is 1.67. The number of anilines is 2. The molecule has 1 amide bonds. The van der Waals surface area contributed by atoms with Crippen molar-refractivity contribution < 1.29 is 13.9 Å². The van der Waals surface area contributed by atoms with E-state index in [-0.39, 0.29) is 18.3 Å². The van der Waals surface area contributed by atoms with Gasteiger partial charge in [-0.05, 0) is 24.3 Å². The minimum absolute atomic E-state index is 0.00954. The Morgan fingerprint density at radius 3 is 3.00 bits per heavy atom. The first-order chi connectivity index (χ1) is 12.2. The number of aromatic nitrogens is 2. The molecule has 1 aromatic heterocycles. The molecule has 0 radical (unpaired) electrons. The van der Waals surface area contributed by atoms with Crippen molar-refractivity contribution in [3.05, 3.63) is 60.0 Å². The third-order valence-corrected chi connectivity index (χ3v) is 3.96. The maximum Gasteiger partial charge on any atom is 0.262 e. The molecule has 4 rings (SSSR count). The van der Waals surface area contributed by atoms with Crippen molar-refractivity contribution in [2.24, 2.45) is 0 Å². The Hall–Kier alpha value is -3.35. The zero-order valence-electron chi connectivity index (χ0n) is 13.2. The first-order valence-corrected chi connectivity index (χ1v) is 7.78. The molecule has 0 atom stereocenters. The average molecular weight is 338 g/mol. The second-order valence-corrected chi connectivity index (χ2v) is 5.65. The van der Waals surface area contributed by atoms with E-state index in [1.807, 2.05) is 12.1 Å². The van der Waals surface area contributed by atoms with Crippen molar-refractivity contribution in [1.29, 1.82) is 0 Å². The van der Waals surface area contributed by atoms with Crippen molar-refractivity contribution in [2.75, 3.05) is 17.2 Å². The summed E-state index contributed by atoms with van der Waals surface area (Å²) in [5.41, 5.74) is 3.45. The lowest BCUT2D eigenvalue weighted by molar-refractivity contribution is -0.118. The summed E-state index contributed by atoms with van der Waals surface area (Å²) >= 11 is 0. The summed E-state index contributed by atoms with van der Waals surface area (Å²) in [5, 5.41) is 12.9. The van der Waals surface area contributed by atoms with Crippen LogP contribution in [0.15, 0.2) is 48.7 Å². The largest absolute Gasteiger partial charge is 0.482 e. The molecule has 3 aromatic rings. The van der Waals surface area contributed by atoms with Crippen LogP contribution in [-0.4, -0.2) is 22.7 Å². The molecule has 0 bridgehead atoms. The molecule has 0 unspecified atom stereocenters. The third kappa shape index (κ3) is 3.03. The summed E-state index contributed by atoms with van der Waals surface area (Å²) in [4.78, 5) is 11.3. The standard InChI is InChI=1S/C18H15FN4O2/c19-14-4-2-1-3-13(14)18-11(9-21-23-18)8-20-12-5-6-15-16(7-12)25-10-17(24)22-15/h1-7,9,20H,8,10H2,(H,21,23)(H,22,24). The van der Waals surface area contributed by atoms with Gasteiger partial charge in [-0.3, -0.25) is 9.89 Å². The number of rotatable bonds is 4. The van der Waals surface area contributed by atoms with Gasteiger partial charge in [0.1, 0.15) is 11.6 Å². The number of nitrogens with zero attached hydrogens (tertiary/aromatic N) is 1. The molecule has 0 saturated heterocycles. The molecule has 2 heterocycles. The van der Waals surface area contributed by atoms with Crippen molar-refractivity contribution >= 4 is 17.3 Å². The molecule has 3 N–H and O–H groups in total. The Balaban J connectivity index is 1.52. The van der Waals surface area contributed by atoms with E-state index in [2.05, 4.69) is 20.8 Å². The van der Waals surface area contributed by atoms with Crippen molar-refractivity contribution in [3.63, 3.8) is 0 Å². The normalized spacial score (nSPS) is 12.9. The highest BCUT2D eigenvalue weighted by molar-refractivity contribution is 5.95. The fraction of sp³-hybridized carbons (Fsp3) is 0.111. The molecule has 25 heavy (non-hydrogen) atoms. The Morgan fingerprint density at radius 1 is 1.24 bits per heavy atom. The molecular formula is C18H15FN4O2. The molecule has 0 spiro atoms. The fourth-order valence-electron chi connectivity index (χ4n) is 2.72. The van der Waals surface area contributed by atoms with Gasteiger partial charge in [-0.25, -0.2) is 4.39 Å². The Morgan fingerprint density at radius 2 is 2.12 bits per heavy atom. The number of carbonyl (C=O) groups excluding carboxylic acids is 1. The van der Waals surface area contributed by atoms with Crippen LogP contribution in [0.1, 0.15) is 5.56 Å². The first-order valence-electron chi connectivity index (χ1n) is 7.78. The molecule has 6 nitrogen and oxygen atoms in total. The number of aromatic amines is 1. The van der Waals surface area contributed by atoms with E-state index in [1.54, 1.807) is 30.5 Å². The van der Waals surface area contributed by atoms with Crippen LogP contribution in [0.25, 0.3) is 11.3 Å². The van der Waals surface area contributed by atoms with E-state index in [0.717, 1.165) is 11.3 Å². The van der Waals surface area contributed by atoms with Crippen LogP contribution < -0.4 is 15.4 Å². The predicted molar refractivity (Wildman–Crippen MR) is 91.9 cm³/mol. The molecule has 126 valence electrons. The summed E-state index contributed by atoms with van der Waals surface area (Å²) in [5.74, 6) is 0.151. The molecule has 0 aliphatic carbocycles. The van der Waals surface area contributed by atoms with Gasteiger partial charge in [-0.1, -0.05) is 12.1 Å². The number of nitrogens with one attached hydrogen (secondary N) is 3. The lowest BCUT2D eigenvalue weighted by atomic mass is 10.1. The zero-order valence-corrected chi connectivity index (χ0v) is 13.2. The van der Waals surface area contributed by atoms with Crippen LogP contribution in [-0.2, 0) is 11.3 Å². The monoisotopic (exact) mass is 338 g/mol. The highest BCUT2D eigenvalue weighted by Gasteiger charge is 2.16. The van der Waals surface area contributed by atoms with E-state index in [0.29, 0.717) is 29.2 Å². The Bertz CT molecular complexity index is 938. The van der Waals surface area contributed by atoms with Gasteiger partial charge < -0.3 is 15.4 Å². The van der Waals surface area contributed by atoms with Gasteiger partial charge in [0.15, 0.2) is 6.61 Å². The van der Waals surface area contributed by atoms with Crippen LogP contribution in [0.3, 0.4) is 0 Å². The highest BCUT2D eigenvalue weighted by Crippen LogP contribution is 2.31. The van der Waals surface area contributed by atoms with Gasteiger partial charge in [0.05, 0.1) is 17.6 Å². The lowest BCUT2D eigenvalue weighted by Crippen LogP contribution is -2.25. The maximum absolute atomic E-state index is 14.0. The van der Waals surface area contributed by atoms with E-state index >= 15 is 0 Å². The van der Waals surface area contributed by atoms with E-state index in [1.165, 1.54) is 6.07 Å². The third-order valence-electron chi connectivity index (χ3n) is 3.96. The molecule has 1 aliphatic heterocycles. The van der Waals surface area contributed by atoms with Gasteiger partial charge in [0, 0.05) is 29.4 Å². The number of ether oxygens (including phenoxy) is 1. The van der Waals surface area contributed by atoms with Crippen LogP contribution >= 0.6 is 0 Å². The molecule has 0 saturated carbocycles. The molecule has 1 aliphatic rings. The van der Waals surface area contributed by atoms with Gasteiger partial charge in [0.25, 0.3) is 5.91 Å². The number of carbonyl (C=O) groups is 1. The average Bonchev–Trinajstić information content (AvgIpc) is 3.08. The number of halogens is 1. The zero-order chi connectivity index (χ0) is 17.2. The van der Waals surface area contributed by atoms with Gasteiger partial charge in [0.2, 0.25) is 0 Å². The smallest absolute Gasteiger partial charge is 0.262 e. The van der Waals surface area contributed by atoms with Gasteiger partial charge >= 0.3 is 0 Å². The van der Waals surface area contributed by atoms with Crippen LogP contribution in [0, 0.1) is 5.82 Å². The second kappa shape index (κ2) is 6.27. The minimum atomic E-state index is -0.300. The van der Waals surface area contributed by atoms with E-state index in [9.17, 15) is 9.18 Å². The van der Waals surface area contributed by atoms with Gasteiger partial charge in [-0.15, -0.1) is 0 Å². The van der Waals surface area contributed by atoms with Crippen LogP contribution in [0.2, 0.25) is 0 Å².